The van der Waals surface area contributed by atoms with Gasteiger partial charge in [0.1, 0.15) is 13.1 Å². The van der Waals surface area contributed by atoms with Crippen LogP contribution in [0.4, 0.5) is 0 Å². The minimum Gasteiger partial charge on any atom is -0.480 e. The highest BCUT2D eigenvalue weighted by molar-refractivity contribution is 5.81. The number of imidazole rings is 1. The fourth-order valence-electron chi connectivity index (χ4n) is 2.50. The summed E-state index contributed by atoms with van der Waals surface area (Å²) in [6, 6.07) is 0. The molecule has 2 heterocycles. The van der Waals surface area contributed by atoms with Crippen molar-refractivity contribution in [3.63, 3.8) is 0 Å². The van der Waals surface area contributed by atoms with Gasteiger partial charge in [0, 0.05) is 20.6 Å². The lowest BCUT2D eigenvalue weighted by Crippen LogP contribution is -2.45. The Kier molecular flexibility index (Phi) is 4.86. The molecule has 0 aliphatic rings. The van der Waals surface area contributed by atoms with E-state index in [1.807, 2.05) is 0 Å². The summed E-state index contributed by atoms with van der Waals surface area (Å²) < 4.78 is 3.46. The van der Waals surface area contributed by atoms with E-state index >= 15 is 0 Å². The standard InChI is InChI=1S/C14H19N5O5/c1-4-5-18(7-10(21)22)9(20)6-19-13(23)11-12(15-8-16(11)2)17(3)14(19)24/h8H,4-7H2,1-3H3,(H,21,22). The van der Waals surface area contributed by atoms with Gasteiger partial charge in [-0.2, -0.15) is 0 Å². The molecule has 0 saturated carbocycles. The molecule has 0 fully saturated rings. The Morgan fingerprint density at radius 2 is 1.96 bits per heavy atom. The first-order valence-electron chi connectivity index (χ1n) is 7.38. The highest BCUT2D eigenvalue weighted by atomic mass is 16.4. The molecule has 0 saturated heterocycles. The van der Waals surface area contributed by atoms with E-state index in [2.05, 4.69) is 4.98 Å². The summed E-state index contributed by atoms with van der Waals surface area (Å²) >= 11 is 0. The van der Waals surface area contributed by atoms with Gasteiger partial charge in [-0.1, -0.05) is 6.92 Å². The van der Waals surface area contributed by atoms with Crippen LogP contribution in [0, 0.1) is 0 Å². The first-order chi connectivity index (χ1) is 11.3. The molecule has 130 valence electrons. The summed E-state index contributed by atoms with van der Waals surface area (Å²) in [7, 11) is 3.07. The van der Waals surface area contributed by atoms with Crippen molar-refractivity contribution in [1.82, 2.24) is 23.6 Å². The first kappa shape index (κ1) is 17.4. The van der Waals surface area contributed by atoms with Gasteiger partial charge in [-0.15, -0.1) is 0 Å². The van der Waals surface area contributed by atoms with Crippen molar-refractivity contribution < 1.29 is 14.7 Å². The molecule has 1 N–H and O–H groups in total. The summed E-state index contributed by atoms with van der Waals surface area (Å²) in [5.74, 6) is -1.75. The molecule has 0 aliphatic carbocycles. The zero-order valence-electron chi connectivity index (χ0n) is 13.7. The smallest absolute Gasteiger partial charge is 0.332 e. The number of rotatable bonds is 6. The molecule has 0 unspecified atom stereocenters. The van der Waals surface area contributed by atoms with Gasteiger partial charge in [0.25, 0.3) is 5.56 Å². The number of fused-ring (bicyclic) bond motifs is 1. The van der Waals surface area contributed by atoms with Gasteiger partial charge in [-0.25, -0.2) is 14.3 Å². The minimum absolute atomic E-state index is 0.199. The Hall–Kier alpha value is -2.91. The third kappa shape index (κ3) is 3.07. The Morgan fingerprint density at radius 3 is 2.54 bits per heavy atom. The average Bonchev–Trinajstić information content (AvgIpc) is 2.90. The predicted octanol–water partition coefficient (Wildman–Crippen LogP) is -1.24. The van der Waals surface area contributed by atoms with Crippen LogP contribution in [0.15, 0.2) is 15.9 Å². The SMILES string of the molecule is CCCN(CC(=O)O)C(=O)Cn1c(=O)c2c(ncn2C)n(C)c1=O. The lowest BCUT2D eigenvalue weighted by Gasteiger charge is -2.20. The second kappa shape index (κ2) is 6.69. The summed E-state index contributed by atoms with van der Waals surface area (Å²) in [6.45, 7) is 1.04. The Labute approximate surface area is 136 Å². The van der Waals surface area contributed by atoms with Crippen molar-refractivity contribution in [3.05, 3.63) is 27.2 Å². The molecule has 10 nitrogen and oxygen atoms in total. The van der Waals surface area contributed by atoms with Crippen molar-refractivity contribution in [2.24, 2.45) is 14.1 Å². The molecular weight excluding hydrogens is 318 g/mol. The number of carboxylic acids is 1. The second-order valence-corrected chi connectivity index (χ2v) is 5.47. The van der Waals surface area contributed by atoms with Crippen LogP contribution in [0.2, 0.25) is 0 Å². The molecule has 0 radical (unpaired) electrons. The van der Waals surface area contributed by atoms with Crippen molar-refractivity contribution in [1.29, 1.82) is 0 Å². The van der Waals surface area contributed by atoms with Crippen molar-refractivity contribution >= 4 is 23.0 Å². The van der Waals surface area contributed by atoms with E-state index in [-0.39, 0.29) is 17.7 Å². The van der Waals surface area contributed by atoms with Crippen molar-refractivity contribution in [2.75, 3.05) is 13.1 Å². The van der Waals surface area contributed by atoms with Crippen molar-refractivity contribution in [3.8, 4) is 0 Å². The highest BCUT2D eigenvalue weighted by Crippen LogP contribution is 2.03. The quantitative estimate of drug-likeness (QED) is 0.704. The Bertz CT molecular complexity index is 907. The summed E-state index contributed by atoms with van der Waals surface area (Å²) in [4.78, 5) is 53.2. The van der Waals surface area contributed by atoms with Crippen LogP contribution in [-0.2, 0) is 30.2 Å². The van der Waals surface area contributed by atoms with Gasteiger partial charge >= 0.3 is 11.7 Å². The number of amides is 1. The van der Waals surface area contributed by atoms with Gasteiger partial charge < -0.3 is 14.6 Å². The number of aryl methyl sites for hydroxylation is 2. The first-order valence-corrected chi connectivity index (χ1v) is 7.38. The van der Waals surface area contributed by atoms with Crippen LogP contribution in [0.1, 0.15) is 13.3 Å². The van der Waals surface area contributed by atoms with E-state index in [9.17, 15) is 19.2 Å². The van der Waals surface area contributed by atoms with E-state index in [0.29, 0.717) is 6.42 Å². The van der Waals surface area contributed by atoms with Gasteiger partial charge in [0.15, 0.2) is 11.2 Å². The zero-order chi connectivity index (χ0) is 18.0. The fourth-order valence-corrected chi connectivity index (χ4v) is 2.50. The molecule has 24 heavy (non-hydrogen) atoms. The summed E-state index contributed by atoms with van der Waals surface area (Å²) in [5.41, 5.74) is -0.878. The number of carbonyl (C=O) groups excluding carboxylic acids is 1. The maximum absolute atomic E-state index is 12.5. The van der Waals surface area contributed by atoms with Crippen LogP contribution in [0.3, 0.4) is 0 Å². The van der Waals surface area contributed by atoms with E-state index < -0.39 is 36.2 Å². The van der Waals surface area contributed by atoms with Gasteiger partial charge in [0.2, 0.25) is 5.91 Å². The number of aliphatic carboxylic acids is 1. The van der Waals surface area contributed by atoms with Crippen LogP contribution >= 0.6 is 0 Å². The Balaban J connectivity index is 2.47. The predicted molar refractivity (Wildman–Crippen MR) is 84.7 cm³/mol. The molecular formula is C14H19N5O5. The van der Waals surface area contributed by atoms with Crippen LogP contribution in [0.5, 0.6) is 0 Å². The number of nitrogens with zero attached hydrogens (tertiary/aromatic N) is 5. The van der Waals surface area contributed by atoms with Crippen LogP contribution < -0.4 is 11.2 Å². The lowest BCUT2D eigenvalue weighted by atomic mass is 10.3. The number of carboxylic acid groups (broad SMARTS) is 1. The molecule has 2 aromatic rings. The minimum atomic E-state index is -1.15. The summed E-state index contributed by atoms with van der Waals surface area (Å²) in [5, 5.41) is 8.89. The Morgan fingerprint density at radius 1 is 1.29 bits per heavy atom. The van der Waals surface area contributed by atoms with Crippen LogP contribution in [0.25, 0.3) is 11.2 Å². The number of carbonyl (C=O) groups is 2. The van der Waals surface area contributed by atoms with Gasteiger partial charge in [-0.3, -0.25) is 19.0 Å². The monoisotopic (exact) mass is 337 g/mol. The zero-order valence-corrected chi connectivity index (χ0v) is 13.7. The normalized spacial score (nSPS) is 11.0. The second-order valence-electron chi connectivity index (χ2n) is 5.47. The largest absolute Gasteiger partial charge is 0.480 e. The molecule has 2 aromatic heterocycles. The molecule has 0 aromatic carbocycles. The van der Waals surface area contributed by atoms with E-state index in [1.165, 1.54) is 22.5 Å². The maximum Gasteiger partial charge on any atom is 0.332 e. The van der Waals surface area contributed by atoms with E-state index in [4.69, 9.17) is 5.11 Å². The maximum atomic E-state index is 12.5. The van der Waals surface area contributed by atoms with E-state index in [1.54, 1.807) is 14.0 Å². The fraction of sp³-hybridized carbons (Fsp3) is 0.500. The highest BCUT2D eigenvalue weighted by Gasteiger charge is 2.21. The van der Waals surface area contributed by atoms with Gasteiger partial charge in [-0.05, 0) is 6.42 Å². The topological polar surface area (TPSA) is 119 Å². The molecule has 10 heteroatoms. The number of hydrogen-bond donors (Lipinski definition) is 1. The number of hydrogen-bond acceptors (Lipinski definition) is 5. The van der Waals surface area contributed by atoms with Crippen molar-refractivity contribution in [2.45, 2.75) is 19.9 Å². The molecule has 0 aliphatic heterocycles. The molecule has 0 atom stereocenters. The van der Waals surface area contributed by atoms with Crippen LogP contribution in [-0.4, -0.2) is 53.7 Å². The molecule has 0 spiro atoms. The van der Waals surface area contributed by atoms with E-state index in [0.717, 1.165) is 9.47 Å². The molecule has 2 rings (SSSR count). The lowest BCUT2D eigenvalue weighted by molar-refractivity contribution is -0.144. The summed E-state index contributed by atoms with van der Waals surface area (Å²) in [6.07, 6.45) is 1.97. The molecule has 0 bridgehead atoms. The van der Waals surface area contributed by atoms with Gasteiger partial charge in [0.05, 0.1) is 6.33 Å². The molecule has 1 amide bonds. The number of aromatic nitrogens is 4. The third-order valence-electron chi connectivity index (χ3n) is 3.67. The average molecular weight is 337 g/mol. The third-order valence-corrected chi connectivity index (χ3v) is 3.67.